The summed E-state index contributed by atoms with van der Waals surface area (Å²) >= 11 is 0. The van der Waals surface area contributed by atoms with Crippen molar-refractivity contribution in [2.75, 3.05) is 26.3 Å². The smallest absolute Gasteiger partial charge is 0.310 e. The molecule has 0 aromatic heterocycles. The number of hydrogen-bond acceptors (Lipinski definition) is 2. The molecule has 15 heavy (non-hydrogen) atoms. The third-order valence-electron chi connectivity index (χ3n) is 3.39. The Balaban J connectivity index is 2.56. The lowest BCUT2D eigenvalue weighted by atomic mass is 9.77. The molecule has 88 valence electrons. The van der Waals surface area contributed by atoms with Gasteiger partial charge in [0.15, 0.2) is 0 Å². The van der Waals surface area contributed by atoms with Crippen LogP contribution < -0.4 is 0 Å². The van der Waals surface area contributed by atoms with Crippen molar-refractivity contribution < 1.29 is 14.3 Å². The second kappa shape index (κ2) is 5.45. The lowest BCUT2D eigenvalue weighted by Gasteiger charge is -2.39. The monoisotopic (exact) mass is 217 g/mol. The standard InChI is InChI=1S/C11H20FNO2/c1-2-11(10(14)15)5-3-7-13(9-11)8-4-6-12/h2-9H2,1H3,(H,14,15). The zero-order chi connectivity index (χ0) is 11.3. The first-order valence-corrected chi connectivity index (χ1v) is 5.66. The highest BCUT2D eigenvalue weighted by Crippen LogP contribution is 2.33. The Kier molecular flexibility index (Phi) is 4.51. The van der Waals surface area contributed by atoms with Crippen LogP contribution in [0.2, 0.25) is 0 Å². The number of carboxylic acid groups (broad SMARTS) is 1. The second-order valence-corrected chi connectivity index (χ2v) is 4.36. The minimum Gasteiger partial charge on any atom is -0.481 e. The van der Waals surface area contributed by atoms with E-state index in [9.17, 15) is 14.3 Å². The summed E-state index contributed by atoms with van der Waals surface area (Å²) in [4.78, 5) is 13.3. The van der Waals surface area contributed by atoms with Crippen LogP contribution in [0.15, 0.2) is 0 Å². The SMILES string of the molecule is CCC1(C(=O)O)CCCN(CCCF)C1. The van der Waals surface area contributed by atoms with E-state index in [2.05, 4.69) is 4.90 Å². The molecule has 1 aliphatic rings. The molecule has 0 aromatic carbocycles. The average Bonchev–Trinajstić information content (AvgIpc) is 2.26. The van der Waals surface area contributed by atoms with Gasteiger partial charge in [0.2, 0.25) is 0 Å². The average molecular weight is 217 g/mol. The Hall–Kier alpha value is -0.640. The molecule has 0 aromatic rings. The highest BCUT2D eigenvalue weighted by Gasteiger charge is 2.40. The van der Waals surface area contributed by atoms with Crippen molar-refractivity contribution in [3.63, 3.8) is 0 Å². The summed E-state index contributed by atoms with van der Waals surface area (Å²) in [6.07, 6.45) is 2.84. The largest absolute Gasteiger partial charge is 0.481 e. The van der Waals surface area contributed by atoms with Crippen LogP contribution in [0.1, 0.15) is 32.6 Å². The van der Waals surface area contributed by atoms with Crippen molar-refractivity contribution in [3.8, 4) is 0 Å². The fraction of sp³-hybridized carbons (Fsp3) is 0.909. The van der Waals surface area contributed by atoms with Gasteiger partial charge in [-0.05, 0) is 32.2 Å². The number of carboxylic acids is 1. The number of nitrogens with zero attached hydrogens (tertiary/aromatic N) is 1. The molecule has 0 saturated carbocycles. The summed E-state index contributed by atoms with van der Waals surface area (Å²) < 4.78 is 12.0. The summed E-state index contributed by atoms with van der Waals surface area (Å²) in [5.41, 5.74) is -0.589. The number of likely N-dealkylation sites (tertiary alicyclic amines) is 1. The number of alkyl halides is 1. The van der Waals surface area contributed by atoms with Crippen molar-refractivity contribution in [1.82, 2.24) is 4.90 Å². The second-order valence-electron chi connectivity index (χ2n) is 4.36. The maximum absolute atomic E-state index is 12.0. The molecule has 1 fully saturated rings. The molecule has 0 spiro atoms. The molecule has 0 radical (unpaired) electrons. The maximum atomic E-state index is 12.0. The van der Waals surface area contributed by atoms with E-state index in [1.54, 1.807) is 0 Å². The van der Waals surface area contributed by atoms with E-state index in [0.29, 0.717) is 25.9 Å². The van der Waals surface area contributed by atoms with Gasteiger partial charge in [-0.3, -0.25) is 9.18 Å². The molecule has 1 heterocycles. The third kappa shape index (κ3) is 2.91. The molecule has 3 nitrogen and oxygen atoms in total. The zero-order valence-corrected chi connectivity index (χ0v) is 9.34. The molecule has 1 aliphatic heterocycles. The van der Waals surface area contributed by atoms with Crippen molar-refractivity contribution in [2.24, 2.45) is 5.41 Å². The van der Waals surface area contributed by atoms with Gasteiger partial charge in [0, 0.05) is 13.1 Å². The van der Waals surface area contributed by atoms with Gasteiger partial charge in [0.05, 0.1) is 12.1 Å². The van der Waals surface area contributed by atoms with E-state index in [0.717, 1.165) is 19.4 Å². The highest BCUT2D eigenvalue weighted by molar-refractivity contribution is 5.75. The number of carbonyl (C=O) groups is 1. The van der Waals surface area contributed by atoms with E-state index in [-0.39, 0.29) is 6.67 Å². The molecule has 1 saturated heterocycles. The zero-order valence-electron chi connectivity index (χ0n) is 9.34. The van der Waals surface area contributed by atoms with Crippen LogP contribution >= 0.6 is 0 Å². The van der Waals surface area contributed by atoms with E-state index >= 15 is 0 Å². The minimum atomic E-state index is -0.699. The van der Waals surface area contributed by atoms with Crippen LogP contribution in [0.5, 0.6) is 0 Å². The molecule has 1 atom stereocenters. The molecule has 0 amide bonds. The Morgan fingerprint density at radius 1 is 1.60 bits per heavy atom. The molecule has 1 unspecified atom stereocenters. The van der Waals surface area contributed by atoms with Crippen molar-refractivity contribution in [1.29, 1.82) is 0 Å². The first-order chi connectivity index (χ1) is 7.14. The Labute approximate surface area is 90.3 Å². The van der Waals surface area contributed by atoms with Gasteiger partial charge in [-0.15, -0.1) is 0 Å². The van der Waals surface area contributed by atoms with Crippen LogP contribution in [0, 0.1) is 5.41 Å². The first-order valence-electron chi connectivity index (χ1n) is 5.66. The molecule has 4 heteroatoms. The Morgan fingerprint density at radius 2 is 2.33 bits per heavy atom. The predicted octanol–water partition coefficient (Wildman–Crippen LogP) is 1.92. The lowest BCUT2D eigenvalue weighted by Crippen LogP contribution is -2.47. The number of hydrogen-bond donors (Lipinski definition) is 1. The topological polar surface area (TPSA) is 40.5 Å². The van der Waals surface area contributed by atoms with Gasteiger partial charge in [0.25, 0.3) is 0 Å². The first kappa shape index (κ1) is 12.4. The van der Waals surface area contributed by atoms with Crippen molar-refractivity contribution in [2.45, 2.75) is 32.6 Å². The highest BCUT2D eigenvalue weighted by atomic mass is 19.1. The number of halogens is 1. The number of piperidine rings is 1. The van der Waals surface area contributed by atoms with E-state index < -0.39 is 11.4 Å². The van der Waals surface area contributed by atoms with E-state index in [1.807, 2.05) is 6.92 Å². The van der Waals surface area contributed by atoms with Crippen molar-refractivity contribution in [3.05, 3.63) is 0 Å². The Bertz CT molecular complexity index is 223. The third-order valence-corrected chi connectivity index (χ3v) is 3.39. The molecule has 1 N–H and O–H groups in total. The minimum absolute atomic E-state index is 0.317. The summed E-state index contributed by atoms with van der Waals surface area (Å²) in [5, 5.41) is 9.23. The van der Waals surface area contributed by atoms with Crippen LogP contribution in [0.4, 0.5) is 4.39 Å². The van der Waals surface area contributed by atoms with Crippen LogP contribution in [-0.2, 0) is 4.79 Å². The summed E-state index contributed by atoms with van der Waals surface area (Å²) in [7, 11) is 0. The van der Waals surface area contributed by atoms with Crippen molar-refractivity contribution >= 4 is 5.97 Å². The van der Waals surface area contributed by atoms with Crippen LogP contribution in [0.3, 0.4) is 0 Å². The van der Waals surface area contributed by atoms with E-state index in [4.69, 9.17) is 0 Å². The summed E-state index contributed by atoms with van der Waals surface area (Å²) in [5.74, 6) is -0.699. The van der Waals surface area contributed by atoms with Gasteiger partial charge in [-0.1, -0.05) is 6.92 Å². The molecule has 1 rings (SSSR count). The van der Waals surface area contributed by atoms with Gasteiger partial charge in [-0.25, -0.2) is 0 Å². The van der Waals surface area contributed by atoms with Gasteiger partial charge in [0.1, 0.15) is 0 Å². The lowest BCUT2D eigenvalue weighted by molar-refractivity contribution is -0.152. The molecule has 0 aliphatic carbocycles. The van der Waals surface area contributed by atoms with Crippen LogP contribution in [0.25, 0.3) is 0 Å². The fourth-order valence-corrected chi connectivity index (χ4v) is 2.32. The number of aliphatic carboxylic acids is 1. The Morgan fingerprint density at radius 3 is 2.87 bits per heavy atom. The molecular formula is C11H20FNO2. The fourth-order valence-electron chi connectivity index (χ4n) is 2.32. The van der Waals surface area contributed by atoms with Crippen LogP contribution in [-0.4, -0.2) is 42.3 Å². The summed E-state index contributed by atoms with van der Waals surface area (Å²) in [6.45, 7) is 3.79. The number of rotatable bonds is 5. The normalized spacial score (nSPS) is 27.9. The summed E-state index contributed by atoms with van der Waals surface area (Å²) in [6, 6.07) is 0. The predicted molar refractivity (Wildman–Crippen MR) is 56.6 cm³/mol. The molecular weight excluding hydrogens is 197 g/mol. The van der Waals surface area contributed by atoms with E-state index in [1.165, 1.54) is 0 Å². The van der Waals surface area contributed by atoms with Gasteiger partial charge >= 0.3 is 5.97 Å². The maximum Gasteiger partial charge on any atom is 0.310 e. The van der Waals surface area contributed by atoms with Gasteiger partial charge in [-0.2, -0.15) is 0 Å². The molecule has 0 bridgehead atoms. The quantitative estimate of drug-likeness (QED) is 0.765. The van der Waals surface area contributed by atoms with Gasteiger partial charge < -0.3 is 10.0 Å².